The summed E-state index contributed by atoms with van der Waals surface area (Å²) in [5, 5.41) is 42.0. The molecule has 1 fully saturated rings. The van der Waals surface area contributed by atoms with Gasteiger partial charge in [-0.3, -0.25) is 19.4 Å². The van der Waals surface area contributed by atoms with Gasteiger partial charge in [0.15, 0.2) is 11.4 Å². The molecule has 0 aromatic carbocycles. The van der Waals surface area contributed by atoms with Gasteiger partial charge in [-0.15, -0.1) is 0 Å². The number of hydrogen-bond acceptors (Lipinski definition) is 8. The number of aromatic nitrogens is 1. The predicted octanol–water partition coefficient (Wildman–Crippen LogP) is -0.181. The number of hydrogen-bond donors (Lipinski definition) is 5. The molecular formula is C18H16N2O7. The highest BCUT2D eigenvalue weighted by Crippen LogP contribution is 2.51. The zero-order valence-corrected chi connectivity index (χ0v) is 14.0. The van der Waals surface area contributed by atoms with Crippen LogP contribution in [0.2, 0.25) is 0 Å². The van der Waals surface area contributed by atoms with E-state index >= 15 is 0 Å². The van der Waals surface area contributed by atoms with Gasteiger partial charge in [-0.05, 0) is 24.3 Å². The lowest BCUT2D eigenvalue weighted by Gasteiger charge is -2.45. The summed E-state index contributed by atoms with van der Waals surface area (Å²) in [7, 11) is 0. The van der Waals surface area contributed by atoms with Crippen LogP contribution in [0, 0.1) is 11.8 Å². The monoisotopic (exact) mass is 372 g/mol. The molecular weight excluding hydrogens is 356 g/mol. The number of aliphatic hydroxyl groups is 3. The van der Waals surface area contributed by atoms with Gasteiger partial charge in [-0.2, -0.15) is 0 Å². The maximum absolute atomic E-state index is 13.1. The second-order valence-electron chi connectivity index (χ2n) is 7.10. The molecule has 1 aromatic heterocycles. The molecule has 1 amide bonds. The van der Waals surface area contributed by atoms with Gasteiger partial charge in [0, 0.05) is 24.1 Å². The fraction of sp³-hybridized carbons (Fsp3) is 0.333. The Bertz CT molecular complexity index is 993. The van der Waals surface area contributed by atoms with Gasteiger partial charge >= 0.3 is 0 Å². The second kappa shape index (κ2) is 5.40. The van der Waals surface area contributed by atoms with Gasteiger partial charge in [0.2, 0.25) is 5.78 Å². The van der Waals surface area contributed by atoms with Gasteiger partial charge in [0.1, 0.15) is 22.8 Å². The molecule has 3 aliphatic rings. The number of rotatable bonds is 1. The molecule has 6 N–H and O–H groups in total. The van der Waals surface area contributed by atoms with E-state index in [2.05, 4.69) is 4.98 Å². The van der Waals surface area contributed by atoms with Crippen LogP contribution in [0.15, 0.2) is 29.3 Å². The topological polar surface area (TPSA) is 171 Å². The van der Waals surface area contributed by atoms with Crippen LogP contribution in [0.25, 0.3) is 5.76 Å². The number of ketones is 2. The summed E-state index contributed by atoms with van der Waals surface area (Å²) in [6.45, 7) is 0. The normalized spacial score (nSPS) is 30.0. The van der Waals surface area contributed by atoms with E-state index in [1.165, 1.54) is 6.20 Å². The summed E-state index contributed by atoms with van der Waals surface area (Å²) in [6, 6.07) is 0. The van der Waals surface area contributed by atoms with Crippen molar-refractivity contribution in [3.63, 3.8) is 0 Å². The van der Waals surface area contributed by atoms with Crippen molar-refractivity contribution in [3.05, 3.63) is 40.4 Å². The molecule has 140 valence electrons. The van der Waals surface area contributed by atoms with Crippen molar-refractivity contribution in [3.8, 4) is 5.75 Å². The first-order valence-electron chi connectivity index (χ1n) is 8.31. The van der Waals surface area contributed by atoms with Crippen LogP contribution in [0.4, 0.5) is 0 Å². The van der Waals surface area contributed by atoms with E-state index < -0.39 is 52.0 Å². The molecule has 0 spiro atoms. The van der Waals surface area contributed by atoms with Gasteiger partial charge in [-0.25, -0.2) is 0 Å². The SMILES string of the molecule is NC(=O)C1=C(O)[C@@]2(O)C(=O)C3=C(O)c4c(O)cncc4CC3C[C@H]2CC1=O. The van der Waals surface area contributed by atoms with Crippen LogP contribution in [-0.2, 0) is 20.8 Å². The van der Waals surface area contributed by atoms with Crippen molar-refractivity contribution in [1.82, 2.24) is 4.98 Å². The molecule has 1 saturated carbocycles. The van der Waals surface area contributed by atoms with E-state index in [9.17, 15) is 34.8 Å². The Morgan fingerprint density at radius 2 is 1.89 bits per heavy atom. The summed E-state index contributed by atoms with van der Waals surface area (Å²) in [4.78, 5) is 40.7. The molecule has 1 heterocycles. The number of pyridine rings is 1. The number of amides is 1. The summed E-state index contributed by atoms with van der Waals surface area (Å²) >= 11 is 0. The minimum absolute atomic E-state index is 0.0390. The minimum atomic E-state index is -2.53. The van der Waals surface area contributed by atoms with E-state index in [-0.39, 0.29) is 36.1 Å². The quantitative estimate of drug-likeness (QED) is 0.422. The molecule has 0 radical (unpaired) electrons. The number of nitrogens with zero attached hydrogens (tertiary/aromatic N) is 1. The van der Waals surface area contributed by atoms with Crippen molar-refractivity contribution in [2.45, 2.75) is 24.9 Å². The number of fused-ring (bicyclic) bond motifs is 3. The number of aromatic hydroxyl groups is 1. The van der Waals surface area contributed by atoms with Crippen molar-refractivity contribution in [2.75, 3.05) is 0 Å². The highest BCUT2D eigenvalue weighted by atomic mass is 16.3. The smallest absolute Gasteiger partial charge is 0.255 e. The largest absolute Gasteiger partial charge is 0.508 e. The van der Waals surface area contributed by atoms with Crippen LogP contribution in [-0.4, -0.2) is 48.5 Å². The molecule has 3 atom stereocenters. The molecule has 4 rings (SSSR count). The molecule has 9 nitrogen and oxygen atoms in total. The Morgan fingerprint density at radius 3 is 2.56 bits per heavy atom. The third kappa shape index (κ3) is 2.08. The zero-order valence-electron chi connectivity index (χ0n) is 14.0. The van der Waals surface area contributed by atoms with E-state index in [0.717, 1.165) is 6.20 Å². The van der Waals surface area contributed by atoms with Crippen molar-refractivity contribution in [2.24, 2.45) is 17.6 Å². The second-order valence-corrected chi connectivity index (χ2v) is 7.10. The number of carbonyl (C=O) groups excluding carboxylic acids is 3. The Balaban J connectivity index is 1.93. The first-order valence-corrected chi connectivity index (χ1v) is 8.31. The summed E-state index contributed by atoms with van der Waals surface area (Å²) in [6.07, 6.45) is 2.61. The van der Waals surface area contributed by atoms with Crippen molar-refractivity contribution >= 4 is 23.2 Å². The number of primary amides is 1. The van der Waals surface area contributed by atoms with Gasteiger partial charge in [0.25, 0.3) is 5.91 Å². The zero-order chi connectivity index (χ0) is 19.7. The molecule has 9 heteroatoms. The van der Waals surface area contributed by atoms with Gasteiger partial charge < -0.3 is 26.2 Å². The molecule has 0 bridgehead atoms. The standard InChI is InChI=1S/C18H16N2O7/c19-17(26)13-9(21)3-8-2-6-1-7-4-20-5-10(22)11(7)14(23)12(6)15(24)18(8,27)16(13)25/h4-6,8,22-23,25,27H,1-3H2,(H2,19,26)/t6?,8-,18-/m0/s1. The molecule has 1 aromatic rings. The number of nitrogens with two attached hydrogens (primary N) is 1. The number of aliphatic hydroxyl groups excluding tert-OH is 2. The van der Waals surface area contributed by atoms with Crippen LogP contribution < -0.4 is 5.73 Å². The first-order chi connectivity index (χ1) is 12.7. The third-order valence-electron chi connectivity index (χ3n) is 5.68. The average molecular weight is 372 g/mol. The predicted molar refractivity (Wildman–Crippen MR) is 89.2 cm³/mol. The molecule has 0 aliphatic heterocycles. The highest BCUT2D eigenvalue weighted by molar-refractivity contribution is 6.22. The van der Waals surface area contributed by atoms with E-state index in [0.29, 0.717) is 5.56 Å². The molecule has 3 aliphatic carbocycles. The maximum Gasteiger partial charge on any atom is 0.255 e. The molecule has 0 saturated heterocycles. The third-order valence-corrected chi connectivity index (χ3v) is 5.68. The Kier molecular flexibility index (Phi) is 3.44. The van der Waals surface area contributed by atoms with Crippen LogP contribution in [0.5, 0.6) is 5.75 Å². The van der Waals surface area contributed by atoms with E-state index in [4.69, 9.17) is 5.73 Å². The Hall–Kier alpha value is -3.20. The van der Waals surface area contributed by atoms with Gasteiger partial charge in [0.05, 0.1) is 11.8 Å². The summed E-state index contributed by atoms with van der Waals surface area (Å²) < 4.78 is 0. The van der Waals surface area contributed by atoms with E-state index in [1.54, 1.807) is 0 Å². The highest BCUT2D eigenvalue weighted by Gasteiger charge is 2.60. The van der Waals surface area contributed by atoms with Crippen LogP contribution >= 0.6 is 0 Å². The Labute approximate surface area is 152 Å². The average Bonchev–Trinajstić information content (AvgIpc) is 2.57. The summed E-state index contributed by atoms with van der Waals surface area (Å²) in [5.74, 6) is -6.40. The lowest BCUT2D eigenvalue weighted by molar-refractivity contribution is -0.147. The van der Waals surface area contributed by atoms with Crippen LogP contribution in [0.3, 0.4) is 0 Å². The number of carbonyl (C=O) groups is 3. The summed E-state index contributed by atoms with van der Waals surface area (Å²) in [5.41, 5.74) is 2.19. The number of Topliss-reactive ketones (excluding diaryl/α,β-unsaturated/α-hetero) is 2. The molecule has 1 unspecified atom stereocenters. The van der Waals surface area contributed by atoms with Gasteiger partial charge in [-0.1, -0.05) is 0 Å². The fourth-order valence-corrected chi connectivity index (χ4v) is 4.45. The maximum atomic E-state index is 13.1. The minimum Gasteiger partial charge on any atom is -0.508 e. The molecule has 27 heavy (non-hydrogen) atoms. The Morgan fingerprint density at radius 1 is 1.19 bits per heavy atom. The van der Waals surface area contributed by atoms with Crippen molar-refractivity contribution in [1.29, 1.82) is 0 Å². The first kappa shape index (κ1) is 17.2. The van der Waals surface area contributed by atoms with Crippen LogP contribution in [0.1, 0.15) is 24.0 Å². The fourth-order valence-electron chi connectivity index (χ4n) is 4.45. The lowest BCUT2D eigenvalue weighted by atomic mass is 9.59. The van der Waals surface area contributed by atoms with Crippen molar-refractivity contribution < 1.29 is 34.8 Å². The lowest BCUT2D eigenvalue weighted by Crippen LogP contribution is -2.58. The van der Waals surface area contributed by atoms with E-state index in [1.807, 2.05) is 0 Å².